The maximum Gasteiger partial charge on any atom is 0.220 e. The van der Waals surface area contributed by atoms with Gasteiger partial charge in [0.15, 0.2) is 0 Å². The summed E-state index contributed by atoms with van der Waals surface area (Å²) in [5, 5.41) is 3.83. The first-order valence-electron chi connectivity index (χ1n) is 8.28. The summed E-state index contributed by atoms with van der Waals surface area (Å²) < 4.78 is 2.09. The van der Waals surface area contributed by atoms with E-state index in [1.54, 1.807) is 0 Å². The Kier molecular flexibility index (Phi) is 6.28. The van der Waals surface area contributed by atoms with Crippen molar-refractivity contribution in [2.75, 3.05) is 12.3 Å². The molecule has 0 saturated carbocycles. The van der Waals surface area contributed by atoms with Gasteiger partial charge >= 0.3 is 0 Å². The predicted octanol–water partition coefficient (Wildman–Crippen LogP) is 3.87. The molecule has 3 rings (SSSR count). The molecule has 23 heavy (non-hydrogen) atoms. The van der Waals surface area contributed by atoms with E-state index in [1.807, 2.05) is 46.1 Å². The van der Waals surface area contributed by atoms with Crippen LogP contribution >= 0.6 is 21.6 Å². The molecule has 6 heteroatoms. The molecule has 1 aliphatic rings. The van der Waals surface area contributed by atoms with Gasteiger partial charge in [0.2, 0.25) is 5.91 Å². The minimum Gasteiger partial charge on any atom is -0.354 e. The molecule has 1 aromatic heterocycles. The molecule has 1 amide bonds. The summed E-state index contributed by atoms with van der Waals surface area (Å²) in [6.45, 7) is 1.43. The van der Waals surface area contributed by atoms with Crippen molar-refractivity contribution in [2.24, 2.45) is 0 Å². The molecule has 2 aromatic rings. The van der Waals surface area contributed by atoms with Gasteiger partial charge in [0.05, 0.1) is 17.4 Å². The average Bonchev–Trinajstić information content (AvgIpc) is 3.22. The second-order valence-electron chi connectivity index (χ2n) is 5.85. The highest BCUT2D eigenvalue weighted by molar-refractivity contribution is 8.77. The molecular weight excluding hydrogens is 326 g/mol. The summed E-state index contributed by atoms with van der Waals surface area (Å²) in [4.78, 5) is 16.2. The Hall–Kier alpha value is -1.14. The Morgan fingerprint density at radius 1 is 1.35 bits per heavy atom. The number of para-hydroxylation sites is 2. The Bertz CT molecular complexity index is 638. The van der Waals surface area contributed by atoms with E-state index >= 15 is 0 Å². The number of carbonyl (C=O) groups excluding carboxylic acids is 1. The molecule has 124 valence electrons. The highest BCUT2D eigenvalue weighted by Gasteiger charge is 2.15. The summed E-state index contributed by atoms with van der Waals surface area (Å²) in [7, 11) is 4.01. The number of amides is 1. The van der Waals surface area contributed by atoms with E-state index in [4.69, 9.17) is 0 Å². The summed E-state index contributed by atoms with van der Waals surface area (Å²) in [6.07, 6.45) is 7.25. The van der Waals surface area contributed by atoms with Crippen molar-refractivity contribution in [3.05, 3.63) is 30.6 Å². The molecule has 1 saturated heterocycles. The fraction of sp³-hybridized carbons (Fsp3) is 0.529. The zero-order chi connectivity index (χ0) is 15.9. The molecular formula is C17H23N3OS2. The lowest BCUT2D eigenvalue weighted by molar-refractivity contribution is -0.121. The predicted molar refractivity (Wildman–Crippen MR) is 99.7 cm³/mol. The highest BCUT2D eigenvalue weighted by Crippen LogP contribution is 2.39. The van der Waals surface area contributed by atoms with Crippen LogP contribution in [0.5, 0.6) is 0 Å². The number of nitrogens with one attached hydrogen (secondary N) is 1. The van der Waals surface area contributed by atoms with E-state index in [-0.39, 0.29) is 5.91 Å². The highest BCUT2D eigenvalue weighted by atomic mass is 33.1. The van der Waals surface area contributed by atoms with Crippen molar-refractivity contribution in [2.45, 2.75) is 43.9 Å². The van der Waals surface area contributed by atoms with E-state index in [0.29, 0.717) is 13.0 Å². The summed E-state index contributed by atoms with van der Waals surface area (Å²) in [5.74, 6) is 1.46. The van der Waals surface area contributed by atoms with Crippen molar-refractivity contribution < 1.29 is 4.79 Å². The molecule has 1 N–H and O–H groups in total. The molecule has 0 unspecified atom stereocenters. The monoisotopic (exact) mass is 349 g/mol. The van der Waals surface area contributed by atoms with Crippen LogP contribution in [0, 0.1) is 0 Å². The van der Waals surface area contributed by atoms with Gasteiger partial charge in [-0.2, -0.15) is 0 Å². The maximum atomic E-state index is 11.9. The number of rotatable bonds is 8. The quantitative estimate of drug-likeness (QED) is 0.580. The van der Waals surface area contributed by atoms with Gasteiger partial charge in [0.25, 0.3) is 0 Å². The van der Waals surface area contributed by atoms with Crippen LogP contribution in [-0.2, 0) is 11.3 Å². The topological polar surface area (TPSA) is 46.9 Å². The van der Waals surface area contributed by atoms with Crippen LogP contribution in [0.3, 0.4) is 0 Å². The van der Waals surface area contributed by atoms with Crippen molar-refractivity contribution >= 4 is 38.5 Å². The number of aromatic nitrogens is 2. The largest absolute Gasteiger partial charge is 0.354 e. The first-order chi connectivity index (χ1) is 11.3. The van der Waals surface area contributed by atoms with E-state index in [1.165, 1.54) is 18.6 Å². The standard InChI is InChI=1S/C17H23N3OS2/c21-17(8-4-1-5-14-9-12-22-23-14)18-10-11-20-13-19-15-6-2-3-7-16(15)20/h2-3,6-7,13-14H,1,4-5,8-12H2,(H,18,21)/t14-/m1/s1. The number of unbranched alkanes of at least 4 members (excludes halogenated alkanes) is 1. The Morgan fingerprint density at radius 2 is 2.26 bits per heavy atom. The zero-order valence-corrected chi connectivity index (χ0v) is 14.9. The molecule has 2 heterocycles. The van der Waals surface area contributed by atoms with E-state index < -0.39 is 0 Å². The summed E-state index contributed by atoms with van der Waals surface area (Å²) >= 11 is 0. The molecule has 1 aromatic carbocycles. The van der Waals surface area contributed by atoms with Crippen LogP contribution in [-0.4, -0.2) is 33.0 Å². The number of benzene rings is 1. The first kappa shape index (κ1) is 16.7. The van der Waals surface area contributed by atoms with Gasteiger partial charge < -0.3 is 9.88 Å². The van der Waals surface area contributed by atoms with Crippen LogP contribution in [0.2, 0.25) is 0 Å². The van der Waals surface area contributed by atoms with Gasteiger partial charge in [-0.1, -0.05) is 40.1 Å². The van der Waals surface area contributed by atoms with E-state index in [9.17, 15) is 4.79 Å². The van der Waals surface area contributed by atoms with Gasteiger partial charge in [-0.3, -0.25) is 4.79 Å². The van der Waals surface area contributed by atoms with Crippen LogP contribution in [0.15, 0.2) is 30.6 Å². The van der Waals surface area contributed by atoms with E-state index in [0.717, 1.165) is 35.7 Å². The molecule has 4 nitrogen and oxygen atoms in total. The van der Waals surface area contributed by atoms with Crippen LogP contribution in [0.25, 0.3) is 11.0 Å². The number of fused-ring (bicyclic) bond motifs is 1. The zero-order valence-electron chi connectivity index (χ0n) is 13.2. The lowest BCUT2D eigenvalue weighted by Gasteiger charge is -2.08. The number of nitrogens with zero attached hydrogens (tertiary/aromatic N) is 2. The van der Waals surface area contributed by atoms with Gasteiger partial charge in [0, 0.05) is 30.5 Å². The van der Waals surface area contributed by atoms with Gasteiger partial charge in [0.1, 0.15) is 0 Å². The lowest BCUT2D eigenvalue weighted by Crippen LogP contribution is -2.26. The smallest absolute Gasteiger partial charge is 0.220 e. The molecule has 1 aliphatic heterocycles. The Morgan fingerprint density at radius 3 is 3.13 bits per heavy atom. The van der Waals surface area contributed by atoms with Crippen molar-refractivity contribution in [1.82, 2.24) is 14.9 Å². The molecule has 0 bridgehead atoms. The third-order valence-corrected chi connectivity index (χ3v) is 7.12. The van der Waals surface area contributed by atoms with Crippen LogP contribution in [0.4, 0.5) is 0 Å². The number of hydrogen-bond donors (Lipinski definition) is 1. The third-order valence-electron chi connectivity index (χ3n) is 4.11. The first-order valence-corrected chi connectivity index (χ1v) is 10.7. The van der Waals surface area contributed by atoms with Crippen LogP contribution < -0.4 is 5.32 Å². The molecule has 0 radical (unpaired) electrons. The third kappa shape index (κ3) is 4.91. The van der Waals surface area contributed by atoms with Gasteiger partial charge in [-0.15, -0.1) is 0 Å². The fourth-order valence-electron chi connectivity index (χ4n) is 2.81. The minimum atomic E-state index is 0.169. The molecule has 1 atom stereocenters. The van der Waals surface area contributed by atoms with E-state index in [2.05, 4.69) is 20.9 Å². The molecule has 1 fully saturated rings. The number of carbonyl (C=O) groups is 1. The average molecular weight is 350 g/mol. The normalized spacial score (nSPS) is 17.7. The van der Waals surface area contributed by atoms with Crippen LogP contribution in [0.1, 0.15) is 32.1 Å². The Labute approximate surface area is 145 Å². The Balaban J connectivity index is 1.31. The van der Waals surface area contributed by atoms with Crippen molar-refractivity contribution in [3.63, 3.8) is 0 Å². The number of hydrogen-bond acceptors (Lipinski definition) is 4. The summed E-state index contributed by atoms with van der Waals surface area (Å²) in [5.41, 5.74) is 2.12. The molecule has 0 aliphatic carbocycles. The SMILES string of the molecule is O=C(CCCC[C@@H]1CCSS1)NCCn1cnc2ccccc21. The van der Waals surface area contributed by atoms with Gasteiger partial charge in [-0.25, -0.2) is 4.98 Å². The number of imidazole rings is 1. The summed E-state index contributed by atoms with van der Waals surface area (Å²) in [6, 6.07) is 8.07. The van der Waals surface area contributed by atoms with Gasteiger partial charge in [-0.05, 0) is 31.4 Å². The van der Waals surface area contributed by atoms with Crippen molar-refractivity contribution in [1.29, 1.82) is 0 Å². The lowest BCUT2D eigenvalue weighted by atomic mass is 10.1. The fourth-order valence-corrected chi connectivity index (χ4v) is 5.84. The second-order valence-corrected chi connectivity index (χ2v) is 8.64. The van der Waals surface area contributed by atoms with Crippen molar-refractivity contribution in [3.8, 4) is 0 Å². The molecule has 0 spiro atoms. The minimum absolute atomic E-state index is 0.169. The second kappa shape index (κ2) is 8.64. The maximum absolute atomic E-state index is 11.9.